The maximum Gasteiger partial charge on any atom is 0.332 e. The second-order valence-corrected chi connectivity index (χ2v) is 4.23. The first-order valence-corrected chi connectivity index (χ1v) is 4.67. The molecule has 0 aromatic rings. The summed E-state index contributed by atoms with van der Waals surface area (Å²) in [7, 11) is 0. The second kappa shape index (κ2) is 2.59. The summed E-state index contributed by atoms with van der Waals surface area (Å²) in [6, 6.07) is 0. The van der Waals surface area contributed by atoms with E-state index in [9.17, 15) is 9.59 Å². The minimum atomic E-state index is -1.15. The van der Waals surface area contributed by atoms with Crippen LogP contribution in [0.1, 0.15) is 26.2 Å². The summed E-state index contributed by atoms with van der Waals surface area (Å²) < 4.78 is 0. The molecule has 76 valence electrons. The average molecular weight is 196 g/mol. The molecule has 2 aliphatic carbocycles. The van der Waals surface area contributed by atoms with Crippen LogP contribution >= 0.6 is 0 Å². The van der Waals surface area contributed by atoms with Crippen LogP contribution in [0.25, 0.3) is 0 Å². The maximum atomic E-state index is 11.1. The van der Waals surface area contributed by atoms with Crippen LogP contribution < -0.4 is 0 Å². The van der Waals surface area contributed by atoms with Crippen LogP contribution in [0.15, 0.2) is 11.1 Å². The monoisotopic (exact) mass is 196 g/mol. The molecule has 14 heavy (non-hydrogen) atoms. The lowest BCUT2D eigenvalue weighted by atomic mass is 9.72. The predicted molar refractivity (Wildman–Crippen MR) is 47.7 cm³/mol. The molecule has 0 spiro atoms. The van der Waals surface area contributed by atoms with E-state index in [2.05, 4.69) is 0 Å². The molecule has 0 aliphatic heterocycles. The van der Waals surface area contributed by atoms with Gasteiger partial charge in [0.15, 0.2) is 0 Å². The fourth-order valence-electron chi connectivity index (χ4n) is 2.80. The maximum absolute atomic E-state index is 11.1. The van der Waals surface area contributed by atoms with Gasteiger partial charge >= 0.3 is 11.9 Å². The van der Waals surface area contributed by atoms with Crippen LogP contribution in [0.5, 0.6) is 0 Å². The number of allylic oxidation sites excluding steroid dienone is 1. The lowest BCUT2D eigenvalue weighted by molar-refractivity contribution is -0.151. The van der Waals surface area contributed by atoms with E-state index in [1.807, 2.05) is 0 Å². The SMILES string of the molecule is CC1(C(=O)O)C(C(=O)O)=C2CCC1C2. The van der Waals surface area contributed by atoms with Crippen LogP contribution in [-0.2, 0) is 9.59 Å². The highest BCUT2D eigenvalue weighted by molar-refractivity contribution is 5.98. The van der Waals surface area contributed by atoms with Gasteiger partial charge in [-0.05, 0) is 32.1 Å². The van der Waals surface area contributed by atoms with E-state index in [1.165, 1.54) is 6.92 Å². The summed E-state index contributed by atoms with van der Waals surface area (Å²) in [5.41, 5.74) is -0.173. The summed E-state index contributed by atoms with van der Waals surface area (Å²) in [5.74, 6) is -2.08. The average Bonchev–Trinajstić information content (AvgIpc) is 2.61. The number of hydrogen-bond donors (Lipinski definition) is 2. The Bertz CT molecular complexity index is 355. The van der Waals surface area contributed by atoms with Gasteiger partial charge in [-0.1, -0.05) is 5.57 Å². The van der Waals surface area contributed by atoms with E-state index >= 15 is 0 Å². The van der Waals surface area contributed by atoms with Crippen molar-refractivity contribution in [2.45, 2.75) is 26.2 Å². The quantitative estimate of drug-likeness (QED) is 0.697. The Morgan fingerprint density at radius 2 is 2.07 bits per heavy atom. The van der Waals surface area contributed by atoms with E-state index in [0.717, 1.165) is 18.4 Å². The van der Waals surface area contributed by atoms with Gasteiger partial charge in [-0.25, -0.2) is 4.79 Å². The van der Waals surface area contributed by atoms with Crippen LogP contribution in [0, 0.1) is 11.3 Å². The third kappa shape index (κ3) is 0.882. The molecule has 4 nitrogen and oxygen atoms in total. The molecule has 2 atom stereocenters. The number of aliphatic carboxylic acids is 2. The fraction of sp³-hybridized carbons (Fsp3) is 0.600. The smallest absolute Gasteiger partial charge is 0.332 e. The van der Waals surface area contributed by atoms with Crippen molar-refractivity contribution >= 4 is 11.9 Å². The van der Waals surface area contributed by atoms with Crippen molar-refractivity contribution in [1.82, 2.24) is 0 Å². The standard InChI is InChI=1S/C10H12O4/c1-10(9(13)14)6-3-2-5(4-6)7(10)8(11)12/h6H,2-4H2,1H3,(H,11,12)(H,13,14). The second-order valence-electron chi connectivity index (χ2n) is 4.23. The Hall–Kier alpha value is -1.32. The fourth-order valence-corrected chi connectivity index (χ4v) is 2.80. The van der Waals surface area contributed by atoms with Crippen molar-refractivity contribution in [3.05, 3.63) is 11.1 Å². The Morgan fingerprint density at radius 3 is 2.50 bits per heavy atom. The Balaban J connectivity index is 2.54. The van der Waals surface area contributed by atoms with Crippen molar-refractivity contribution in [3.8, 4) is 0 Å². The Labute approximate surface area is 81.2 Å². The molecule has 0 radical (unpaired) electrons. The molecule has 1 fully saturated rings. The third-order valence-corrected chi connectivity index (χ3v) is 3.63. The summed E-state index contributed by atoms with van der Waals surface area (Å²) in [6.45, 7) is 1.54. The van der Waals surface area contributed by atoms with Gasteiger partial charge in [-0.2, -0.15) is 0 Å². The predicted octanol–water partition coefficient (Wildman–Crippen LogP) is 1.27. The first kappa shape index (κ1) is 9.24. The lowest BCUT2D eigenvalue weighted by Crippen LogP contribution is -2.37. The molecule has 2 unspecified atom stereocenters. The van der Waals surface area contributed by atoms with Crippen molar-refractivity contribution in [2.75, 3.05) is 0 Å². The molecule has 1 saturated carbocycles. The summed E-state index contributed by atoms with van der Waals surface area (Å²) >= 11 is 0. The topological polar surface area (TPSA) is 74.6 Å². The summed E-state index contributed by atoms with van der Waals surface area (Å²) in [4.78, 5) is 22.1. The van der Waals surface area contributed by atoms with Crippen molar-refractivity contribution < 1.29 is 19.8 Å². The van der Waals surface area contributed by atoms with Crippen molar-refractivity contribution in [1.29, 1.82) is 0 Å². The van der Waals surface area contributed by atoms with Gasteiger partial charge in [0.1, 0.15) is 5.41 Å². The minimum Gasteiger partial charge on any atom is -0.481 e. The molecule has 0 heterocycles. The summed E-state index contributed by atoms with van der Waals surface area (Å²) in [5, 5.41) is 18.1. The molecule has 2 bridgehead atoms. The number of fused-ring (bicyclic) bond motifs is 2. The Morgan fingerprint density at radius 1 is 1.43 bits per heavy atom. The normalized spacial score (nSPS) is 35.1. The van der Waals surface area contributed by atoms with E-state index < -0.39 is 17.4 Å². The molecule has 2 N–H and O–H groups in total. The molecule has 0 aromatic carbocycles. The van der Waals surface area contributed by atoms with E-state index in [4.69, 9.17) is 10.2 Å². The Kier molecular flexibility index (Phi) is 1.71. The molecule has 2 rings (SSSR count). The zero-order valence-corrected chi connectivity index (χ0v) is 7.91. The molecule has 4 heteroatoms. The summed E-state index contributed by atoms with van der Waals surface area (Å²) in [6.07, 6.45) is 2.23. The van der Waals surface area contributed by atoms with Crippen molar-refractivity contribution in [2.24, 2.45) is 11.3 Å². The van der Waals surface area contributed by atoms with Crippen molar-refractivity contribution in [3.63, 3.8) is 0 Å². The van der Waals surface area contributed by atoms with Gasteiger partial charge in [-0.15, -0.1) is 0 Å². The first-order valence-electron chi connectivity index (χ1n) is 4.67. The third-order valence-electron chi connectivity index (χ3n) is 3.63. The van der Waals surface area contributed by atoms with Gasteiger partial charge in [0.05, 0.1) is 5.57 Å². The number of carboxylic acids is 2. The van der Waals surface area contributed by atoms with Crippen LogP contribution in [-0.4, -0.2) is 22.2 Å². The number of hydrogen-bond acceptors (Lipinski definition) is 2. The first-order chi connectivity index (χ1) is 6.48. The zero-order chi connectivity index (χ0) is 10.5. The van der Waals surface area contributed by atoms with Gasteiger partial charge in [0, 0.05) is 0 Å². The van der Waals surface area contributed by atoms with Gasteiger partial charge in [-0.3, -0.25) is 4.79 Å². The zero-order valence-electron chi connectivity index (χ0n) is 7.91. The van der Waals surface area contributed by atoms with E-state index in [1.54, 1.807) is 0 Å². The highest BCUT2D eigenvalue weighted by atomic mass is 16.4. The van der Waals surface area contributed by atoms with Gasteiger partial charge in [0.2, 0.25) is 0 Å². The lowest BCUT2D eigenvalue weighted by Gasteiger charge is -2.29. The number of carboxylic acid groups (broad SMARTS) is 2. The minimum absolute atomic E-state index is 0.0129. The van der Waals surface area contributed by atoms with Gasteiger partial charge < -0.3 is 10.2 Å². The molecule has 0 saturated heterocycles. The number of carbonyl (C=O) groups is 2. The molecule has 0 amide bonds. The molecular weight excluding hydrogens is 184 g/mol. The molecular formula is C10H12O4. The largest absolute Gasteiger partial charge is 0.481 e. The highest BCUT2D eigenvalue weighted by Gasteiger charge is 2.55. The molecule has 2 aliphatic rings. The highest BCUT2D eigenvalue weighted by Crippen LogP contribution is 2.55. The van der Waals surface area contributed by atoms with E-state index in [-0.39, 0.29) is 11.5 Å². The van der Waals surface area contributed by atoms with Crippen LogP contribution in [0.2, 0.25) is 0 Å². The molecule has 0 aromatic heterocycles. The number of rotatable bonds is 2. The van der Waals surface area contributed by atoms with E-state index in [0.29, 0.717) is 6.42 Å². The van der Waals surface area contributed by atoms with Crippen LogP contribution in [0.4, 0.5) is 0 Å². The van der Waals surface area contributed by atoms with Gasteiger partial charge in [0.25, 0.3) is 0 Å². The van der Waals surface area contributed by atoms with Crippen LogP contribution in [0.3, 0.4) is 0 Å².